The van der Waals surface area contributed by atoms with E-state index >= 15 is 0 Å². The number of carbonyl (C=O) groups is 1. The molecule has 0 aliphatic rings. The highest BCUT2D eigenvalue weighted by atomic mass is 16.5. The van der Waals surface area contributed by atoms with Crippen LogP contribution >= 0.6 is 0 Å². The van der Waals surface area contributed by atoms with Gasteiger partial charge in [-0.25, -0.2) is 0 Å². The summed E-state index contributed by atoms with van der Waals surface area (Å²) in [6, 6.07) is -0.216. The minimum atomic E-state index is -0.454. The van der Waals surface area contributed by atoms with Crippen LogP contribution in [0.1, 0.15) is 19.7 Å². The molecule has 0 aliphatic heterocycles. The van der Waals surface area contributed by atoms with Crippen molar-refractivity contribution in [1.82, 2.24) is 20.8 Å². The molecule has 1 heterocycles. The smallest absolute Gasteiger partial charge is 0.316 e. The van der Waals surface area contributed by atoms with Gasteiger partial charge in [-0.05, 0) is 13.5 Å². The molecule has 0 aliphatic carbocycles. The Labute approximate surface area is 112 Å². The second kappa shape index (κ2) is 8.44. The number of methoxy groups -OCH3 is 1. The summed E-state index contributed by atoms with van der Waals surface area (Å²) in [5.41, 5.74) is 0. The predicted octanol–water partition coefficient (Wildman–Crippen LogP) is -0.258. The summed E-state index contributed by atoms with van der Waals surface area (Å²) >= 11 is 0. The van der Waals surface area contributed by atoms with Crippen molar-refractivity contribution < 1.29 is 13.9 Å². The fourth-order valence-electron chi connectivity index (χ4n) is 1.30. The Morgan fingerprint density at radius 1 is 1.47 bits per heavy atom. The monoisotopic (exact) mass is 271 g/mol. The lowest BCUT2D eigenvalue weighted by Crippen LogP contribution is -2.39. The van der Waals surface area contributed by atoms with Gasteiger partial charge in [0, 0.05) is 13.7 Å². The summed E-state index contributed by atoms with van der Waals surface area (Å²) in [6.07, 6.45) is 0. The van der Waals surface area contributed by atoms with Gasteiger partial charge >= 0.3 is 6.01 Å². The van der Waals surface area contributed by atoms with Crippen molar-refractivity contribution in [2.45, 2.75) is 26.4 Å². The molecule has 0 radical (unpaired) electrons. The van der Waals surface area contributed by atoms with E-state index in [1.165, 1.54) is 0 Å². The van der Waals surface area contributed by atoms with Gasteiger partial charge in [-0.3, -0.25) is 4.79 Å². The molecule has 8 nitrogen and oxygen atoms in total. The molecule has 0 saturated carbocycles. The number of nitrogens with zero attached hydrogens (tertiary/aromatic N) is 2. The van der Waals surface area contributed by atoms with Crippen LogP contribution in [0.15, 0.2) is 4.42 Å². The third-order valence-corrected chi connectivity index (χ3v) is 2.33. The second-order valence-electron chi connectivity index (χ2n) is 3.93. The summed E-state index contributed by atoms with van der Waals surface area (Å²) in [6.45, 7) is 5.99. The van der Waals surface area contributed by atoms with Gasteiger partial charge in [0.15, 0.2) is 0 Å². The van der Waals surface area contributed by atoms with E-state index in [1.807, 2.05) is 6.92 Å². The molecule has 1 aromatic rings. The van der Waals surface area contributed by atoms with Gasteiger partial charge in [-0.15, -0.1) is 5.10 Å². The lowest BCUT2D eigenvalue weighted by molar-refractivity contribution is -0.121. The van der Waals surface area contributed by atoms with Crippen molar-refractivity contribution in [1.29, 1.82) is 0 Å². The largest absolute Gasteiger partial charge is 0.407 e. The molecule has 0 fully saturated rings. The van der Waals surface area contributed by atoms with Crippen molar-refractivity contribution in [3.8, 4) is 0 Å². The van der Waals surface area contributed by atoms with Crippen LogP contribution < -0.4 is 16.0 Å². The Morgan fingerprint density at radius 3 is 2.95 bits per heavy atom. The maximum atomic E-state index is 11.7. The summed E-state index contributed by atoms with van der Waals surface area (Å²) in [7, 11) is 1.58. The molecular formula is C11H21N5O3. The molecule has 1 unspecified atom stereocenters. The summed E-state index contributed by atoms with van der Waals surface area (Å²) in [4.78, 5) is 11.7. The molecule has 0 bridgehead atoms. The Kier molecular flexibility index (Phi) is 6.83. The van der Waals surface area contributed by atoms with E-state index in [9.17, 15) is 4.79 Å². The average molecular weight is 271 g/mol. The Bertz CT molecular complexity index is 382. The molecule has 1 rings (SSSR count). The van der Waals surface area contributed by atoms with Crippen LogP contribution in [0.3, 0.4) is 0 Å². The third-order valence-electron chi connectivity index (χ3n) is 2.33. The minimum absolute atomic E-state index is 0.150. The molecule has 0 saturated heterocycles. The van der Waals surface area contributed by atoms with Gasteiger partial charge in [0.25, 0.3) is 0 Å². The zero-order valence-electron chi connectivity index (χ0n) is 11.5. The minimum Gasteiger partial charge on any atom is -0.407 e. The van der Waals surface area contributed by atoms with Gasteiger partial charge < -0.3 is 25.1 Å². The molecule has 3 N–H and O–H groups in total. The van der Waals surface area contributed by atoms with Crippen molar-refractivity contribution in [2.24, 2.45) is 0 Å². The highest BCUT2D eigenvalue weighted by Crippen LogP contribution is 2.06. The second-order valence-corrected chi connectivity index (χ2v) is 3.93. The third kappa shape index (κ3) is 5.66. The summed E-state index contributed by atoms with van der Waals surface area (Å²) in [5, 5.41) is 16.3. The van der Waals surface area contributed by atoms with Crippen LogP contribution in [-0.4, -0.2) is 49.0 Å². The van der Waals surface area contributed by atoms with Gasteiger partial charge in [-0.1, -0.05) is 12.0 Å². The Hall–Kier alpha value is -1.67. The number of ether oxygens (including phenoxy) is 1. The highest BCUT2D eigenvalue weighted by Gasteiger charge is 2.15. The molecule has 0 spiro atoms. The van der Waals surface area contributed by atoms with E-state index in [0.717, 1.165) is 6.54 Å². The average Bonchev–Trinajstić information content (AvgIpc) is 2.84. The number of anilines is 1. The number of hydrogen-bond donors (Lipinski definition) is 3. The maximum Gasteiger partial charge on any atom is 0.316 e. The van der Waals surface area contributed by atoms with E-state index in [-0.39, 0.29) is 11.9 Å². The topological polar surface area (TPSA) is 101 Å². The number of nitrogens with one attached hydrogen (secondary N) is 3. The Morgan fingerprint density at radius 2 is 2.26 bits per heavy atom. The number of hydrogen-bond acceptors (Lipinski definition) is 7. The van der Waals surface area contributed by atoms with E-state index in [2.05, 4.69) is 26.1 Å². The molecule has 1 aromatic heterocycles. The molecule has 1 atom stereocenters. The lowest BCUT2D eigenvalue weighted by Gasteiger charge is -2.11. The fraction of sp³-hybridized carbons (Fsp3) is 0.727. The van der Waals surface area contributed by atoms with Crippen LogP contribution in [0.5, 0.6) is 0 Å². The van der Waals surface area contributed by atoms with Gasteiger partial charge in [0.2, 0.25) is 11.8 Å². The van der Waals surface area contributed by atoms with Crippen LogP contribution in [-0.2, 0) is 16.1 Å². The molecule has 0 aromatic carbocycles. The van der Waals surface area contributed by atoms with Crippen LogP contribution in [0.2, 0.25) is 0 Å². The standard InChI is InChI=1S/C11H21N5O3/c1-4-12-7-9-15-16-11(19-9)14-8(2)10(17)13-5-6-18-3/h8,12H,4-7H2,1-3H3,(H,13,17)(H,14,16). The molecular weight excluding hydrogens is 250 g/mol. The Balaban J connectivity index is 2.36. The first-order valence-electron chi connectivity index (χ1n) is 6.23. The van der Waals surface area contributed by atoms with Gasteiger partial charge in [-0.2, -0.15) is 0 Å². The van der Waals surface area contributed by atoms with E-state index in [0.29, 0.717) is 25.6 Å². The van der Waals surface area contributed by atoms with Crippen molar-refractivity contribution in [3.63, 3.8) is 0 Å². The lowest BCUT2D eigenvalue weighted by atomic mass is 10.3. The number of amides is 1. The van der Waals surface area contributed by atoms with Crippen LogP contribution in [0.4, 0.5) is 6.01 Å². The highest BCUT2D eigenvalue weighted by molar-refractivity contribution is 5.83. The summed E-state index contributed by atoms with van der Waals surface area (Å²) < 4.78 is 10.2. The molecule has 19 heavy (non-hydrogen) atoms. The predicted molar refractivity (Wildman–Crippen MR) is 69.6 cm³/mol. The summed E-state index contributed by atoms with van der Waals surface area (Å²) in [5.74, 6) is 0.333. The first-order chi connectivity index (χ1) is 9.17. The van der Waals surface area contributed by atoms with E-state index in [4.69, 9.17) is 9.15 Å². The van der Waals surface area contributed by atoms with Crippen LogP contribution in [0, 0.1) is 0 Å². The SMILES string of the molecule is CCNCc1nnc(NC(C)C(=O)NCCOC)o1. The van der Waals surface area contributed by atoms with Crippen molar-refractivity contribution >= 4 is 11.9 Å². The first-order valence-corrected chi connectivity index (χ1v) is 6.23. The van der Waals surface area contributed by atoms with E-state index in [1.54, 1.807) is 14.0 Å². The van der Waals surface area contributed by atoms with Crippen molar-refractivity contribution in [3.05, 3.63) is 5.89 Å². The van der Waals surface area contributed by atoms with Gasteiger partial charge in [0.1, 0.15) is 6.04 Å². The number of carbonyl (C=O) groups excluding carboxylic acids is 1. The van der Waals surface area contributed by atoms with Gasteiger partial charge in [0.05, 0.1) is 13.2 Å². The fourth-order valence-corrected chi connectivity index (χ4v) is 1.30. The molecule has 8 heteroatoms. The number of rotatable bonds is 9. The quantitative estimate of drug-likeness (QED) is 0.532. The van der Waals surface area contributed by atoms with Crippen LogP contribution in [0.25, 0.3) is 0 Å². The molecule has 108 valence electrons. The van der Waals surface area contributed by atoms with E-state index < -0.39 is 6.04 Å². The zero-order chi connectivity index (χ0) is 14.1. The molecule has 1 amide bonds. The van der Waals surface area contributed by atoms with Crippen molar-refractivity contribution in [2.75, 3.05) is 32.1 Å². The maximum absolute atomic E-state index is 11.7. The number of aromatic nitrogens is 2. The normalized spacial score (nSPS) is 12.2. The first kappa shape index (κ1) is 15.4. The zero-order valence-corrected chi connectivity index (χ0v) is 11.5.